The zero-order valence-corrected chi connectivity index (χ0v) is 15.3. The lowest BCUT2D eigenvalue weighted by Crippen LogP contribution is -2.39. The van der Waals surface area contributed by atoms with E-state index in [-0.39, 0.29) is 35.0 Å². The van der Waals surface area contributed by atoms with Gasteiger partial charge in [-0.05, 0) is 25.3 Å². The highest BCUT2D eigenvalue weighted by Crippen LogP contribution is 2.40. The fraction of sp³-hybridized carbons (Fsp3) is 0.611. The molecule has 6 nitrogen and oxygen atoms in total. The molecule has 9 heteroatoms. The van der Waals surface area contributed by atoms with Gasteiger partial charge < -0.3 is 14.2 Å². The van der Waals surface area contributed by atoms with Crippen LogP contribution >= 0.6 is 0 Å². The molecule has 1 amide bonds. The fourth-order valence-electron chi connectivity index (χ4n) is 3.48. The van der Waals surface area contributed by atoms with E-state index in [0.717, 1.165) is 6.07 Å². The average molecular weight is 385 g/mol. The molecule has 148 valence electrons. The van der Waals surface area contributed by atoms with E-state index in [2.05, 4.69) is 10.1 Å². The number of nitrogens with zero attached hydrogens (tertiary/aromatic N) is 3. The Labute approximate surface area is 154 Å². The summed E-state index contributed by atoms with van der Waals surface area (Å²) >= 11 is 0. The molecule has 1 saturated heterocycles. The van der Waals surface area contributed by atoms with Gasteiger partial charge in [0, 0.05) is 31.8 Å². The number of amides is 1. The Morgan fingerprint density at radius 1 is 1.44 bits per heavy atom. The summed E-state index contributed by atoms with van der Waals surface area (Å²) in [6, 6.07) is 1.06. The van der Waals surface area contributed by atoms with Gasteiger partial charge in [-0.25, -0.2) is 4.98 Å². The number of ether oxygens (including phenoxy) is 1. The number of hydrogen-bond acceptors (Lipinski definition) is 5. The molecule has 1 aliphatic heterocycles. The second-order valence-electron chi connectivity index (χ2n) is 6.68. The van der Waals surface area contributed by atoms with E-state index in [1.54, 1.807) is 11.8 Å². The topological polar surface area (TPSA) is 68.5 Å². The van der Waals surface area contributed by atoms with Crippen molar-refractivity contribution in [1.29, 1.82) is 0 Å². The van der Waals surface area contributed by atoms with E-state index < -0.39 is 11.7 Å². The molecule has 0 saturated carbocycles. The van der Waals surface area contributed by atoms with E-state index in [9.17, 15) is 18.0 Å². The maximum atomic E-state index is 13.6. The number of methoxy groups -OCH3 is 1. The van der Waals surface area contributed by atoms with Gasteiger partial charge in [-0.2, -0.15) is 13.2 Å². The van der Waals surface area contributed by atoms with Crippen molar-refractivity contribution in [2.24, 2.45) is 0 Å². The van der Waals surface area contributed by atoms with Gasteiger partial charge in [-0.1, -0.05) is 12.1 Å². The van der Waals surface area contributed by atoms with E-state index in [1.165, 1.54) is 7.11 Å². The zero-order valence-electron chi connectivity index (χ0n) is 15.3. The van der Waals surface area contributed by atoms with Gasteiger partial charge in [0.15, 0.2) is 0 Å². The SMILES string of the molecule is CCc1cc(C(F)(F)F)c2c(C3CCCN(C(=O)CCOC)C3)noc2n1. The van der Waals surface area contributed by atoms with Crippen LogP contribution in [0.4, 0.5) is 13.2 Å². The van der Waals surface area contributed by atoms with Crippen LogP contribution in [0, 0.1) is 0 Å². The Balaban J connectivity index is 1.96. The van der Waals surface area contributed by atoms with Crippen molar-refractivity contribution in [3.63, 3.8) is 0 Å². The largest absolute Gasteiger partial charge is 0.417 e. The molecule has 0 aromatic carbocycles. The van der Waals surface area contributed by atoms with E-state index in [0.29, 0.717) is 44.7 Å². The molecule has 27 heavy (non-hydrogen) atoms. The predicted octanol–water partition coefficient (Wildman–Crippen LogP) is 3.55. The van der Waals surface area contributed by atoms with Crippen molar-refractivity contribution < 1.29 is 27.2 Å². The lowest BCUT2D eigenvalue weighted by molar-refractivity contribution is -0.136. The number of aromatic nitrogens is 2. The summed E-state index contributed by atoms with van der Waals surface area (Å²) in [6.45, 7) is 2.95. The highest BCUT2D eigenvalue weighted by atomic mass is 19.4. The van der Waals surface area contributed by atoms with Crippen LogP contribution in [-0.4, -0.2) is 47.8 Å². The van der Waals surface area contributed by atoms with Crippen molar-refractivity contribution in [3.8, 4) is 0 Å². The first-order chi connectivity index (χ1) is 12.8. The van der Waals surface area contributed by atoms with Crippen LogP contribution in [0.1, 0.15) is 49.1 Å². The Bertz CT molecular complexity index is 819. The second-order valence-corrected chi connectivity index (χ2v) is 6.68. The number of alkyl halides is 3. The summed E-state index contributed by atoms with van der Waals surface area (Å²) in [7, 11) is 1.52. The van der Waals surface area contributed by atoms with Crippen molar-refractivity contribution in [3.05, 3.63) is 23.0 Å². The summed E-state index contributed by atoms with van der Waals surface area (Å²) in [5.74, 6) is -0.390. The molecule has 0 bridgehead atoms. The van der Waals surface area contributed by atoms with Crippen LogP contribution in [0.2, 0.25) is 0 Å². The number of likely N-dealkylation sites (tertiary alicyclic amines) is 1. The minimum absolute atomic E-state index is 0.0724. The molecule has 0 N–H and O–H groups in total. The fourth-order valence-corrected chi connectivity index (χ4v) is 3.48. The van der Waals surface area contributed by atoms with Crippen molar-refractivity contribution >= 4 is 17.0 Å². The van der Waals surface area contributed by atoms with Crippen LogP contribution in [0.25, 0.3) is 11.1 Å². The number of carbonyl (C=O) groups is 1. The molecule has 0 radical (unpaired) electrons. The highest BCUT2D eigenvalue weighted by Gasteiger charge is 2.38. The lowest BCUT2D eigenvalue weighted by Gasteiger charge is -2.32. The molecule has 1 aliphatic rings. The number of carbonyl (C=O) groups excluding carboxylic acids is 1. The van der Waals surface area contributed by atoms with Gasteiger partial charge in [0.2, 0.25) is 5.91 Å². The second kappa shape index (κ2) is 7.84. The molecule has 1 atom stereocenters. The van der Waals surface area contributed by atoms with Crippen molar-refractivity contribution in [2.45, 2.75) is 44.7 Å². The van der Waals surface area contributed by atoms with Gasteiger partial charge in [0.25, 0.3) is 5.71 Å². The number of hydrogen-bond donors (Lipinski definition) is 0. The number of fused-ring (bicyclic) bond motifs is 1. The molecule has 1 fully saturated rings. The molecular weight excluding hydrogens is 363 g/mol. The molecule has 0 spiro atoms. The average Bonchev–Trinajstić information content (AvgIpc) is 3.08. The zero-order chi connectivity index (χ0) is 19.6. The molecule has 0 aliphatic carbocycles. The monoisotopic (exact) mass is 385 g/mol. The smallest absolute Gasteiger partial charge is 0.384 e. The Morgan fingerprint density at radius 3 is 2.89 bits per heavy atom. The predicted molar refractivity (Wildman–Crippen MR) is 91.2 cm³/mol. The maximum Gasteiger partial charge on any atom is 0.417 e. The van der Waals surface area contributed by atoms with Crippen LogP contribution in [0.3, 0.4) is 0 Å². The molecule has 2 aromatic rings. The van der Waals surface area contributed by atoms with Gasteiger partial charge >= 0.3 is 6.18 Å². The van der Waals surface area contributed by atoms with Crippen molar-refractivity contribution in [2.75, 3.05) is 26.8 Å². The third kappa shape index (κ3) is 4.07. The normalized spacial score (nSPS) is 18.3. The molecule has 3 rings (SSSR count). The Kier molecular flexibility index (Phi) is 5.69. The summed E-state index contributed by atoms with van der Waals surface area (Å²) in [5, 5.41) is 3.84. The van der Waals surface area contributed by atoms with Gasteiger partial charge in [-0.3, -0.25) is 4.79 Å². The summed E-state index contributed by atoms with van der Waals surface area (Å²) < 4.78 is 51.0. The first kappa shape index (κ1) is 19.6. The highest BCUT2D eigenvalue weighted by molar-refractivity contribution is 5.82. The van der Waals surface area contributed by atoms with Crippen LogP contribution in [-0.2, 0) is 22.1 Å². The summed E-state index contributed by atoms with van der Waals surface area (Å²) in [4.78, 5) is 18.1. The number of rotatable bonds is 5. The number of pyridine rings is 1. The standard InChI is InChI=1S/C18H22F3N3O3/c1-3-12-9-13(18(19,20)21)15-16(23-27-17(15)22-12)11-5-4-7-24(10-11)14(25)6-8-26-2/h9,11H,3-8,10H2,1-2H3. The minimum atomic E-state index is -4.53. The first-order valence-corrected chi connectivity index (χ1v) is 8.98. The first-order valence-electron chi connectivity index (χ1n) is 8.98. The summed E-state index contributed by atoms with van der Waals surface area (Å²) in [5.41, 5.74) is -0.336. The minimum Gasteiger partial charge on any atom is -0.384 e. The van der Waals surface area contributed by atoms with Crippen LogP contribution in [0.5, 0.6) is 0 Å². The Hall–Kier alpha value is -2.16. The van der Waals surface area contributed by atoms with Gasteiger partial charge in [0.05, 0.1) is 29.7 Å². The lowest BCUT2D eigenvalue weighted by atomic mass is 9.91. The van der Waals surface area contributed by atoms with Crippen molar-refractivity contribution in [1.82, 2.24) is 15.0 Å². The van der Waals surface area contributed by atoms with Gasteiger partial charge in [0.1, 0.15) is 0 Å². The Morgan fingerprint density at radius 2 is 2.22 bits per heavy atom. The molecular formula is C18H22F3N3O3. The maximum absolute atomic E-state index is 13.6. The van der Waals surface area contributed by atoms with E-state index in [1.807, 2.05) is 0 Å². The number of aryl methyl sites for hydroxylation is 1. The molecule has 1 unspecified atom stereocenters. The quantitative estimate of drug-likeness (QED) is 0.787. The van der Waals surface area contributed by atoms with E-state index in [4.69, 9.17) is 9.26 Å². The number of piperidine rings is 1. The molecule has 3 heterocycles. The van der Waals surface area contributed by atoms with Crippen LogP contribution < -0.4 is 0 Å². The number of halogens is 3. The third-order valence-corrected chi connectivity index (χ3v) is 4.87. The van der Waals surface area contributed by atoms with Crippen LogP contribution in [0.15, 0.2) is 10.6 Å². The third-order valence-electron chi connectivity index (χ3n) is 4.87. The molecule has 2 aromatic heterocycles. The van der Waals surface area contributed by atoms with Gasteiger partial charge in [-0.15, -0.1) is 0 Å². The van der Waals surface area contributed by atoms with E-state index >= 15 is 0 Å². The summed E-state index contributed by atoms with van der Waals surface area (Å²) in [6.07, 6.45) is -2.59.